The van der Waals surface area contributed by atoms with Gasteiger partial charge in [-0.3, -0.25) is 0 Å². The summed E-state index contributed by atoms with van der Waals surface area (Å²) in [6.45, 7) is 14.3. The highest BCUT2D eigenvalue weighted by Crippen LogP contribution is 2.60. The zero-order chi connectivity index (χ0) is 34.2. The van der Waals surface area contributed by atoms with E-state index >= 15 is 0 Å². The number of hydrogen-bond donors (Lipinski definition) is 0. The van der Waals surface area contributed by atoms with E-state index in [1.165, 1.54) is 94.6 Å². The summed E-state index contributed by atoms with van der Waals surface area (Å²) in [6, 6.07) is 52.8. The van der Waals surface area contributed by atoms with Crippen molar-refractivity contribution in [2.45, 2.75) is 57.8 Å². The standard InChI is InChI=1S/C49H41N/c1-47(2)37-21-12-9-18-33(37)36-29-31(26-27-40(36)47)50(42-25-15-24-41-44(42)34-19-10-13-22-38(34)48(41,3)4)43-28-30-16-7-8-17-32(30)46-45(43)35-20-11-14-23-39(35)49(46,5)6/h7-29H,1-6H3. The van der Waals surface area contributed by atoms with Crippen molar-refractivity contribution in [3.63, 3.8) is 0 Å². The maximum Gasteiger partial charge on any atom is 0.0549 e. The average molecular weight is 644 g/mol. The van der Waals surface area contributed by atoms with E-state index in [0.29, 0.717) is 0 Å². The SMILES string of the molecule is CC1(C)c2ccccc2-c2cc(N(c3cccc4c3-c3ccccc3C4(C)C)c3cc4ccccc4c4c3-c3ccccc3C4(C)C)ccc21. The van der Waals surface area contributed by atoms with Crippen LogP contribution in [0.1, 0.15) is 74.9 Å². The fraction of sp³-hybridized carbons (Fsp3) is 0.184. The van der Waals surface area contributed by atoms with E-state index in [9.17, 15) is 0 Å². The van der Waals surface area contributed by atoms with Gasteiger partial charge in [0.1, 0.15) is 0 Å². The monoisotopic (exact) mass is 643 g/mol. The van der Waals surface area contributed by atoms with Crippen LogP contribution in [-0.4, -0.2) is 0 Å². The lowest BCUT2D eigenvalue weighted by atomic mass is 9.80. The lowest BCUT2D eigenvalue weighted by Crippen LogP contribution is -2.18. The van der Waals surface area contributed by atoms with E-state index in [2.05, 4.69) is 186 Å². The first-order valence-corrected chi connectivity index (χ1v) is 18.0. The molecule has 0 spiro atoms. The quantitative estimate of drug-likeness (QED) is 0.185. The molecular formula is C49H41N. The Morgan fingerprint density at radius 2 is 0.920 bits per heavy atom. The van der Waals surface area contributed by atoms with Crippen molar-refractivity contribution < 1.29 is 0 Å². The van der Waals surface area contributed by atoms with E-state index in [0.717, 1.165) is 0 Å². The largest absolute Gasteiger partial charge is 0.309 e. The number of nitrogens with zero attached hydrogens (tertiary/aromatic N) is 1. The number of hydrogen-bond acceptors (Lipinski definition) is 1. The van der Waals surface area contributed by atoms with Crippen molar-refractivity contribution in [3.8, 4) is 33.4 Å². The van der Waals surface area contributed by atoms with Gasteiger partial charge in [0.05, 0.1) is 11.4 Å². The van der Waals surface area contributed by atoms with E-state index in [4.69, 9.17) is 0 Å². The molecule has 0 heterocycles. The summed E-state index contributed by atoms with van der Waals surface area (Å²) in [7, 11) is 0. The Labute approximate surface area is 295 Å². The summed E-state index contributed by atoms with van der Waals surface area (Å²) < 4.78 is 0. The summed E-state index contributed by atoms with van der Waals surface area (Å²) in [5, 5.41) is 2.61. The van der Waals surface area contributed by atoms with E-state index in [-0.39, 0.29) is 16.2 Å². The van der Waals surface area contributed by atoms with Crippen molar-refractivity contribution in [2.24, 2.45) is 0 Å². The van der Waals surface area contributed by atoms with Crippen LogP contribution in [0.5, 0.6) is 0 Å². The van der Waals surface area contributed by atoms with Crippen molar-refractivity contribution in [1.29, 1.82) is 0 Å². The third kappa shape index (κ3) is 3.68. The molecule has 7 aromatic carbocycles. The minimum atomic E-state index is -0.151. The molecule has 0 unspecified atom stereocenters. The summed E-state index contributed by atoms with van der Waals surface area (Å²) in [5.74, 6) is 0. The second kappa shape index (κ2) is 9.86. The van der Waals surface area contributed by atoms with Crippen molar-refractivity contribution >= 4 is 27.8 Å². The molecule has 0 aromatic heterocycles. The van der Waals surface area contributed by atoms with Gasteiger partial charge in [0, 0.05) is 33.1 Å². The zero-order valence-electron chi connectivity index (χ0n) is 29.7. The predicted octanol–water partition coefficient (Wildman–Crippen LogP) is 13.2. The summed E-state index contributed by atoms with van der Waals surface area (Å²) >= 11 is 0. The zero-order valence-corrected chi connectivity index (χ0v) is 29.7. The Morgan fingerprint density at radius 3 is 1.66 bits per heavy atom. The molecule has 10 rings (SSSR count). The van der Waals surface area contributed by atoms with Gasteiger partial charge in [0.2, 0.25) is 0 Å². The molecule has 7 aromatic rings. The molecule has 50 heavy (non-hydrogen) atoms. The molecular weight excluding hydrogens is 603 g/mol. The van der Waals surface area contributed by atoms with Gasteiger partial charge in [-0.25, -0.2) is 0 Å². The summed E-state index contributed by atoms with van der Waals surface area (Å²) in [6.07, 6.45) is 0. The molecule has 1 heteroatoms. The first-order chi connectivity index (χ1) is 24.1. The number of benzene rings is 7. The minimum absolute atomic E-state index is 0.0561. The smallest absolute Gasteiger partial charge is 0.0549 e. The Morgan fingerprint density at radius 1 is 0.380 bits per heavy atom. The van der Waals surface area contributed by atoms with Crippen molar-refractivity contribution in [2.75, 3.05) is 4.90 Å². The maximum absolute atomic E-state index is 2.61. The van der Waals surface area contributed by atoms with Gasteiger partial charge in [-0.2, -0.15) is 0 Å². The topological polar surface area (TPSA) is 3.24 Å². The fourth-order valence-corrected chi connectivity index (χ4v) is 9.99. The second-order valence-electron chi connectivity index (χ2n) is 16.1. The van der Waals surface area contributed by atoms with Gasteiger partial charge in [-0.05, 0) is 90.7 Å². The molecule has 0 fully saturated rings. The molecule has 0 N–H and O–H groups in total. The highest BCUT2D eigenvalue weighted by molar-refractivity contribution is 6.07. The van der Waals surface area contributed by atoms with Gasteiger partial charge >= 0.3 is 0 Å². The number of anilines is 3. The van der Waals surface area contributed by atoms with Gasteiger partial charge < -0.3 is 4.90 Å². The van der Waals surface area contributed by atoms with Gasteiger partial charge in [-0.15, -0.1) is 0 Å². The van der Waals surface area contributed by atoms with Crippen LogP contribution in [0.25, 0.3) is 44.2 Å². The van der Waals surface area contributed by atoms with Crippen molar-refractivity contribution in [1.82, 2.24) is 0 Å². The van der Waals surface area contributed by atoms with Crippen LogP contribution >= 0.6 is 0 Å². The molecule has 0 bridgehead atoms. The molecule has 0 aliphatic heterocycles. The van der Waals surface area contributed by atoms with Gasteiger partial charge in [0.15, 0.2) is 0 Å². The third-order valence-corrected chi connectivity index (χ3v) is 12.4. The number of fused-ring (bicyclic) bond motifs is 11. The maximum atomic E-state index is 2.61. The van der Waals surface area contributed by atoms with Crippen molar-refractivity contribution in [3.05, 3.63) is 173 Å². The van der Waals surface area contributed by atoms with Crippen LogP contribution in [0.3, 0.4) is 0 Å². The highest BCUT2D eigenvalue weighted by atomic mass is 15.1. The van der Waals surface area contributed by atoms with Crippen LogP contribution in [0, 0.1) is 0 Å². The van der Waals surface area contributed by atoms with Crippen LogP contribution in [0.4, 0.5) is 17.1 Å². The van der Waals surface area contributed by atoms with Crippen LogP contribution in [0.15, 0.2) is 140 Å². The molecule has 0 amide bonds. The predicted molar refractivity (Wildman–Crippen MR) is 211 cm³/mol. The third-order valence-electron chi connectivity index (χ3n) is 12.4. The first kappa shape index (κ1) is 29.5. The van der Waals surface area contributed by atoms with E-state index in [1.807, 2.05) is 0 Å². The average Bonchev–Trinajstić information content (AvgIpc) is 3.62. The fourth-order valence-electron chi connectivity index (χ4n) is 9.99. The van der Waals surface area contributed by atoms with Gasteiger partial charge in [0.25, 0.3) is 0 Å². The second-order valence-corrected chi connectivity index (χ2v) is 16.1. The lowest BCUT2D eigenvalue weighted by molar-refractivity contribution is 0.660. The van der Waals surface area contributed by atoms with Crippen LogP contribution in [0.2, 0.25) is 0 Å². The minimum Gasteiger partial charge on any atom is -0.309 e. The van der Waals surface area contributed by atoms with Gasteiger partial charge in [-0.1, -0.05) is 157 Å². The molecule has 3 aliphatic carbocycles. The van der Waals surface area contributed by atoms with Crippen LogP contribution < -0.4 is 4.90 Å². The Kier molecular flexibility index (Phi) is 5.82. The molecule has 0 saturated carbocycles. The Balaban J connectivity index is 1.35. The molecule has 3 aliphatic rings. The molecule has 0 atom stereocenters. The molecule has 1 nitrogen and oxygen atoms in total. The van der Waals surface area contributed by atoms with E-state index < -0.39 is 0 Å². The molecule has 242 valence electrons. The Bertz CT molecular complexity index is 2580. The number of rotatable bonds is 3. The normalized spacial score (nSPS) is 16.3. The molecule has 0 saturated heterocycles. The molecule has 0 radical (unpaired) electrons. The van der Waals surface area contributed by atoms with Crippen LogP contribution in [-0.2, 0) is 16.2 Å². The first-order valence-electron chi connectivity index (χ1n) is 18.0. The lowest BCUT2D eigenvalue weighted by Gasteiger charge is -2.32. The summed E-state index contributed by atoms with van der Waals surface area (Å²) in [5.41, 5.74) is 19.7. The summed E-state index contributed by atoms with van der Waals surface area (Å²) in [4.78, 5) is 2.61. The van der Waals surface area contributed by atoms with E-state index in [1.54, 1.807) is 0 Å². The highest BCUT2D eigenvalue weighted by Gasteiger charge is 2.42. The Hall–Kier alpha value is -5.40.